The number of benzene rings is 1. The summed E-state index contributed by atoms with van der Waals surface area (Å²) in [5.74, 6) is -1.80. The third kappa shape index (κ3) is 4.26. The molecule has 1 aromatic rings. The number of nitrogens with zero attached hydrogens (tertiary/aromatic N) is 1. The fraction of sp³-hybridized carbons (Fsp3) is 0.476. The molecule has 7 nitrogen and oxygen atoms in total. The molecule has 0 aromatic heterocycles. The van der Waals surface area contributed by atoms with E-state index in [1.165, 1.54) is 12.1 Å². The molecule has 2 aliphatic rings. The van der Waals surface area contributed by atoms with Crippen molar-refractivity contribution in [2.45, 2.75) is 58.4 Å². The van der Waals surface area contributed by atoms with Gasteiger partial charge in [-0.3, -0.25) is 14.4 Å². The van der Waals surface area contributed by atoms with Gasteiger partial charge in [0.25, 0.3) is 11.8 Å². The van der Waals surface area contributed by atoms with E-state index in [0.717, 1.165) is 25.7 Å². The molecule has 0 bridgehead atoms. The van der Waals surface area contributed by atoms with Gasteiger partial charge >= 0.3 is 0 Å². The van der Waals surface area contributed by atoms with E-state index < -0.39 is 17.6 Å². The number of halogens is 1. The highest BCUT2D eigenvalue weighted by Crippen LogP contribution is 2.38. The summed E-state index contributed by atoms with van der Waals surface area (Å²) in [6, 6.07) is 2.50. The fourth-order valence-electron chi connectivity index (χ4n) is 3.94. The van der Waals surface area contributed by atoms with E-state index in [2.05, 4.69) is 5.32 Å². The number of carbonyl (C=O) groups is 3. The molecule has 0 radical (unpaired) electrons. The average Bonchev–Trinajstić information content (AvgIpc) is 2.69. The number of rotatable bonds is 6. The molecule has 0 spiro atoms. The lowest BCUT2D eigenvalue weighted by atomic mass is 9.90. The minimum absolute atomic E-state index is 0.0670. The molecule has 1 aromatic carbocycles. The summed E-state index contributed by atoms with van der Waals surface area (Å²) in [5, 5.41) is 2.55. The predicted octanol–water partition coefficient (Wildman–Crippen LogP) is 3.03. The van der Waals surface area contributed by atoms with E-state index in [9.17, 15) is 18.8 Å². The van der Waals surface area contributed by atoms with Gasteiger partial charge in [0.1, 0.15) is 5.75 Å². The molecule has 1 unspecified atom stereocenters. The van der Waals surface area contributed by atoms with Crippen LogP contribution >= 0.6 is 0 Å². The van der Waals surface area contributed by atoms with Gasteiger partial charge in [0.2, 0.25) is 5.91 Å². The zero-order valence-corrected chi connectivity index (χ0v) is 16.7. The minimum Gasteiger partial charge on any atom is -0.481 e. The molecule has 3 N–H and O–H groups in total. The van der Waals surface area contributed by atoms with Gasteiger partial charge in [-0.1, -0.05) is 13.3 Å². The zero-order chi connectivity index (χ0) is 21.1. The maximum atomic E-state index is 14.6. The highest BCUT2D eigenvalue weighted by Gasteiger charge is 2.31. The van der Waals surface area contributed by atoms with Crippen LogP contribution in [-0.4, -0.2) is 30.4 Å². The topological polar surface area (TPSA) is 102 Å². The Morgan fingerprint density at radius 2 is 1.97 bits per heavy atom. The largest absolute Gasteiger partial charge is 0.481 e. The molecule has 0 saturated heterocycles. The number of carbonyl (C=O) groups excluding carboxylic acids is 3. The molecule has 29 heavy (non-hydrogen) atoms. The second kappa shape index (κ2) is 8.63. The maximum absolute atomic E-state index is 14.6. The van der Waals surface area contributed by atoms with Gasteiger partial charge in [0.15, 0.2) is 12.4 Å². The Morgan fingerprint density at radius 3 is 2.62 bits per heavy atom. The highest BCUT2D eigenvalue weighted by molar-refractivity contribution is 6.10. The number of anilines is 2. The molecular weight excluding hydrogens is 377 g/mol. The fourth-order valence-corrected chi connectivity index (χ4v) is 3.94. The number of primary amides is 1. The molecule has 1 aliphatic heterocycles. The number of hydrogen-bond donors (Lipinski definition) is 2. The quantitative estimate of drug-likeness (QED) is 0.762. The first kappa shape index (κ1) is 20.8. The van der Waals surface area contributed by atoms with Crippen molar-refractivity contribution in [2.24, 2.45) is 5.73 Å². The van der Waals surface area contributed by atoms with Crippen molar-refractivity contribution in [3.8, 4) is 5.75 Å². The summed E-state index contributed by atoms with van der Waals surface area (Å²) in [6.45, 7) is 3.79. The lowest BCUT2D eigenvalue weighted by molar-refractivity contribution is -0.121. The van der Waals surface area contributed by atoms with Gasteiger partial charge in [0, 0.05) is 23.3 Å². The van der Waals surface area contributed by atoms with Crippen LogP contribution in [0.3, 0.4) is 0 Å². The van der Waals surface area contributed by atoms with E-state index >= 15 is 0 Å². The van der Waals surface area contributed by atoms with Crippen LogP contribution in [0.25, 0.3) is 0 Å². The van der Waals surface area contributed by atoms with E-state index in [4.69, 9.17) is 10.5 Å². The van der Waals surface area contributed by atoms with E-state index in [0.29, 0.717) is 29.7 Å². The molecule has 0 fully saturated rings. The Labute approximate surface area is 169 Å². The summed E-state index contributed by atoms with van der Waals surface area (Å²) in [7, 11) is 0. The van der Waals surface area contributed by atoms with Crippen molar-refractivity contribution >= 4 is 29.1 Å². The number of nitrogens with two attached hydrogens (primary N) is 1. The van der Waals surface area contributed by atoms with Gasteiger partial charge in [-0.15, -0.1) is 0 Å². The molecule has 0 saturated carbocycles. The van der Waals surface area contributed by atoms with Crippen molar-refractivity contribution in [3.05, 3.63) is 29.1 Å². The minimum atomic E-state index is -0.674. The standard InChI is InChI=1S/C21H26FN3O4/c1-3-6-12(2)25-17-10-16(15(22)9-18(17)29-11-19(25)26)24-21(28)14-8-5-4-7-13(14)20(23)27/h9-10,12H,3-8,11H2,1-2H3,(H2,23,27)(H,24,28). The van der Waals surface area contributed by atoms with Gasteiger partial charge < -0.3 is 20.7 Å². The SMILES string of the molecule is CCCC(C)N1C(=O)COc2cc(F)c(NC(=O)C3=C(C(N)=O)CCCC3)cc21. The average molecular weight is 403 g/mol. The maximum Gasteiger partial charge on any atom is 0.265 e. The summed E-state index contributed by atoms with van der Waals surface area (Å²) in [6.07, 6.45) is 4.06. The third-order valence-corrected chi connectivity index (χ3v) is 5.36. The molecule has 8 heteroatoms. The Hall–Kier alpha value is -2.90. The molecule has 1 aliphatic carbocycles. The predicted molar refractivity (Wildman–Crippen MR) is 107 cm³/mol. The second-order valence-corrected chi connectivity index (χ2v) is 7.47. The lowest BCUT2D eigenvalue weighted by Crippen LogP contribution is -2.44. The molecule has 3 rings (SSSR count). The van der Waals surface area contributed by atoms with Crippen molar-refractivity contribution in [1.29, 1.82) is 0 Å². The summed E-state index contributed by atoms with van der Waals surface area (Å²) < 4.78 is 20.0. The Kier molecular flexibility index (Phi) is 6.20. The van der Waals surface area contributed by atoms with Crippen LogP contribution in [0.2, 0.25) is 0 Å². The monoisotopic (exact) mass is 403 g/mol. The first-order valence-corrected chi connectivity index (χ1v) is 9.95. The third-order valence-electron chi connectivity index (χ3n) is 5.36. The van der Waals surface area contributed by atoms with Crippen LogP contribution in [0.4, 0.5) is 15.8 Å². The first-order valence-electron chi connectivity index (χ1n) is 9.95. The molecule has 156 valence electrons. The highest BCUT2D eigenvalue weighted by atomic mass is 19.1. The Morgan fingerprint density at radius 1 is 1.28 bits per heavy atom. The Balaban J connectivity index is 1.94. The number of hydrogen-bond acceptors (Lipinski definition) is 4. The van der Waals surface area contributed by atoms with E-state index in [-0.39, 0.29) is 30.0 Å². The number of ether oxygens (including phenoxy) is 1. The van der Waals surface area contributed by atoms with Gasteiger partial charge in [0.05, 0.1) is 11.4 Å². The lowest BCUT2D eigenvalue weighted by Gasteiger charge is -2.34. The molecule has 3 amide bonds. The van der Waals surface area contributed by atoms with Crippen molar-refractivity contribution < 1.29 is 23.5 Å². The number of nitrogens with one attached hydrogen (secondary N) is 1. The van der Waals surface area contributed by atoms with Crippen molar-refractivity contribution in [2.75, 3.05) is 16.8 Å². The van der Waals surface area contributed by atoms with Crippen molar-refractivity contribution in [1.82, 2.24) is 0 Å². The molecular formula is C21H26FN3O4. The summed E-state index contributed by atoms with van der Waals surface area (Å²) in [5.41, 5.74) is 6.34. The van der Waals surface area contributed by atoms with Crippen LogP contribution in [-0.2, 0) is 14.4 Å². The first-order chi connectivity index (χ1) is 13.8. The van der Waals surface area contributed by atoms with E-state index in [1.54, 1.807) is 4.90 Å². The van der Waals surface area contributed by atoms with Gasteiger partial charge in [-0.05, 0) is 45.1 Å². The molecule has 1 atom stereocenters. The second-order valence-electron chi connectivity index (χ2n) is 7.47. The van der Waals surface area contributed by atoms with Gasteiger partial charge in [-0.2, -0.15) is 0 Å². The van der Waals surface area contributed by atoms with Crippen LogP contribution in [0, 0.1) is 5.82 Å². The molecule has 1 heterocycles. The van der Waals surface area contributed by atoms with Crippen LogP contribution < -0.4 is 20.7 Å². The van der Waals surface area contributed by atoms with Gasteiger partial charge in [-0.25, -0.2) is 4.39 Å². The normalized spacial score (nSPS) is 17.5. The Bertz CT molecular complexity index is 881. The van der Waals surface area contributed by atoms with Crippen molar-refractivity contribution in [3.63, 3.8) is 0 Å². The number of fused-ring (bicyclic) bond motifs is 1. The summed E-state index contributed by atoms with van der Waals surface area (Å²) in [4.78, 5) is 38.4. The van der Waals surface area contributed by atoms with E-state index in [1.807, 2.05) is 13.8 Å². The van der Waals surface area contributed by atoms with Crippen LogP contribution in [0.5, 0.6) is 5.75 Å². The van der Waals surface area contributed by atoms with Crippen LogP contribution in [0.15, 0.2) is 23.3 Å². The van der Waals surface area contributed by atoms with Crippen LogP contribution in [0.1, 0.15) is 52.4 Å². The number of amides is 3. The smallest absolute Gasteiger partial charge is 0.265 e. The summed E-state index contributed by atoms with van der Waals surface area (Å²) >= 11 is 0. The zero-order valence-electron chi connectivity index (χ0n) is 16.7.